The summed E-state index contributed by atoms with van der Waals surface area (Å²) in [6.45, 7) is 2.66. The molecular formula is C23H28FN3O4S. The molecule has 0 spiro atoms. The third-order valence-electron chi connectivity index (χ3n) is 5.88. The van der Waals surface area contributed by atoms with Gasteiger partial charge in [-0.25, -0.2) is 13.4 Å². The van der Waals surface area contributed by atoms with Gasteiger partial charge in [-0.3, -0.25) is 4.79 Å². The number of hydrogen-bond donors (Lipinski definition) is 2. The molecule has 0 radical (unpaired) electrons. The lowest BCUT2D eigenvalue weighted by atomic mass is 9.87. The van der Waals surface area contributed by atoms with E-state index in [4.69, 9.17) is 4.74 Å². The molecular weight excluding hydrogens is 433 g/mol. The van der Waals surface area contributed by atoms with E-state index in [0.717, 1.165) is 41.2 Å². The number of nitrogens with zero attached hydrogens (tertiary/aromatic N) is 1. The van der Waals surface area contributed by atoms with E-state index in [1.807, 2.05) is 35.1 Å². The van der Waals surface area contributed by atoms with Gasteiger partial charge in [-0.05, 0) is 55.0 Å². The Kier molecular flexibility index (Phi) is 6.66. The molecule has 9 heteroatoms. The molecule has 1 amide bonds. The molecule has 1 atom stereocenters. The first-order valence-electron chi connectivity index (χ1n) is 11.0. The van der Waals surface area contributed by atoms with Gasteiger partial charge in [-0.1, -0.05) is 43.7 Å². The third kappa shape index (κ3) is 4.73. The molecule has 1 aliphatic heterocycles. The Balaban J connectivity index is 1.69. The van der Waals surface area contributed by atoms with E-state index in [1.165, 1.54) is 0 Å². The molecule has 4 rings (SSSR count). The number of carbonyl (C=O) groups excluding carboxylic acids is 1. The van der Waals surface area contributed by atoms with Crippen molar-refractivity contribution in [2.24, 2.45) is 0 Å². The first kappa shape index (κ1) is 22.5. The monoisotopic (exact) mass is 461 g/mol. The van der Waals surface area contributed by atoms with Crippen LogP contribution >= 0.6 is 0 Å². The number of fused-ring (bicyclic) bond motifs is 1. The first-order valence-corrected chi connectivity index (χ1v) is 12.4. The van der Waals surface area contributed by atoms with Crippen molar-refractivity contribution >= 4 is 21.8 Å². The fourth-order valence-electron chi connectivity index (χ4n) is 4.21. The second kappa shape index (κ2) is 9.46. The first-order chi connectivity index (χ1) is 15.4. The van der Waals surface area contributed by atoms with Crippen LogP contribution in [0.5, 0.6) is 5.75 Å². The average Bonchev–Trinajstić information content (AvgIpc) is 3.05. The highest BCUT2D eigenvalue weighted by Crippen LogP contribution is 2.40. The van der Waals surface area contributed by atoms with Gasteiger partial charge < -0.3 is 10.1 Å². The molecule has 172 valence electrons. The highest BCUT2D eigenvalue weighted by Gasteiger charge is 2.39. The van der Waals surface area contributed by atoms with Crippen molar-refractivity contribution in [3.63, 3.8) is 0 Å². The van der Waals surface area contributed by atoms with Crippen LogP contribution in [0.15, 0.2) is 36.4 Å². The molecule has 1 fully saturated rings. The van der Waals surface area contributed by atoms with Crippen LogP contribution in [0.3, 0.4) is 0 Å². The highest BCUT2D eigenvalue weighted by atomic mass is 32.2. The SMILES string of the molecule is CCCCNC1CCc2cc(OCc3ccccc3)c(N3CC(=O)NS3(=O)=O)c(F)c2C1. The summed E-state index contributed by atoms with van der Waals surface area (Å²) in [6.07, 6.45) is 4.12. The number of anilines is 1. The second-order valence-electron chi connectivity index (χ2n) is 8.23. The van der Waals surface area contributed by atoms with Crippen LogP contribution in [0, 0.1) is 5.82 Å². The number of hydrogen-bond acceptors (Lipinski definition) is 5. The molecule has 2 aliphatic rings. The molecule has 32 heavy (non-hydrogen) atoms. The van der Waals surface area contributed by atoms with E-state index in [2.05, 4.69) is 12.2 Å². The van der Waals surface area contributed by atoms with Crippen molar-refractivity contribution in [3.8, 4) is 5.75 Å². The number of amides is 1. The standard InChI is InChI=1S/C23H28FN3O4S/c1-2-3-11-25-18-10-9-17-12-20(31-15-16-7-5-4-6-8-16)23(22(24)19(17)13-18)27-14-21(28)26-32(27,29)30/h4-8,12,18,25H,2-3,9-11,13-15H2,1H3,(H,26,28). The Morgan fingerprint density at radius 2 is 2.06 bits per heavy atom. The summed E-state index contributed by atoms with van der Waals surface area (Å²) >= 11 is 0. The number of aryl methyl sites for hydroxylation is 1. The predicted octanol–water partition coefficient (Wildman–Crippen LogP) is 2.83. The third-order valence-corrected chi connectivity index (χ3v) is 7.26. The van der Waals surface area contributed by atoms with Crippen LogP contribution in [0.25, 0.3) is 0 Å². The summed E-state index contributed by atoms with van der Waals surface area (Å²) < 4.78 is 49.5. The molecule has 1 saturated heterocycles. The average molecular weight is 462 g/mol. The van der Waals surface area contributed by atoms with Crippen LogP contribution in [0.2, 0.25) is 0 Å². The van der Waals surface area contributed by atoms with Gasteiger partial charge in [0.1, 0.15) is 24.6 Å². The van der Waals surface area contributed by atoms with Crippen molar-refractivity contribution < 1.29 is 22.3 Å². The molecule has 0 saturated carbocycles. The van der Waals surface area contributed by atoms with E-state index in [1.54, 1.807) is 6.07 Å². The molecule has 1 unspecified atom stereocenters. The highest BCUT2D eigenvalue weighted by molar-refractivity contribution is 7.92. The maximum Gasteiger partial charge on any atom is 0.326 e. The molecule has 2 aromatic rings. The maximum absolute atomic E-state index is 15.9. The fraction of sp³-hybridized carbons (Fsp3) is 0.435. The number of rotatable bonds is 8. The van der Waals surface area contributed by atoms with Crippen molar-refractivity contribution in [1.82, 2.24) is 10.0 Å². The Bertz CT molecular complexity index is 1090. The summed E-state index contributed by atoms with van der Waals surface area (Å²) in [4.78, 5) is 11.8. The van der Waals surface area contributed by atoms with E-state index in [9.17, 15) is 13.2 Å². The van der Waals surface area contributed by atoms with Crippen molar-refractivity contribution in [2.75, 3.05) is 17.4 Å². The van der Waals surface area contributed by atoms with Crippen LogP contribution in [0.1, 0.15) is 42.9 Å². The largest absolute Gasteiger partial charge is 0.487 e. The molecule has 7 nitrogen and oxygen atoms in total. The molecule has 1 aliphatic carbocycles. The second-order valence-corrected chi connectivity index (χ2v) is 9.83. The van der Waals surface area contributed by atoms with Gasteiger partial charge in [0.25, 0.3) is 5.91 Å². The zero-order valence-corrected chi connectivity index (χ0v) is 18.9. The lowest BCUT2D eigenvalue weighted by molar-refractivity contribution is -0.117. The molecule has 2 aromatic carbocycles. The van der Waals surface area contributed by atoms with Crippen LogP contribution in [-0.4, -0.2) is 33.5 Å². The van der Waals surface area contributed by atoms with E-state index in [0.29, 0.717) is 18.4 Å². The maximum atomic E-state index is 15.9. The van der Waals surface area contributed by atoms with Crippen LogP contribution < -0.4 is 19.1 Å². The quantitative estimate of drug-likeness (QED) is 0.591. The number of ether oxygens (including phenoxy) is 1. The minimum absolute atomic E-state index is 0.127. The van der Waals surface area contributed by atoms with Crippen molar-refractivity contribution in [1.29, 1.82) is 0 Å². The van der Waals surface area contributed by atoms with Gasteiger partial charge in [-0.15, -0.1) is 0 Å². The lowest BCUT2D eigenvalue weighted by Gasteiger charge is -2.29. The number of nitrogens with one attached hydrogen (secondary N) is 2. The normalized spacial score (nSPS) is 19.5. The summed E-state index contributed by atoms with van der Waals surface area (Å²) in [5.41, 5.74) is 1.98. The Hall–Kier alpha value is -2.65. The molecule has 2 N–H and O–H groups in total. The minimum atomic E-state index is -4.18. The van der Waals surface area contributed by atoms with Gasteiger partial charge in [0.15, 0.2) is 5.82 Å². The summed E-state index contributed by atoms with van der Waals surface area (Å²) in [7, 11) is -4.18. The molecule has 1 heterocycles. The number of carbonyl (C=O) groups is 1. The number of benzene rings is 2. The summed E-state index contributed by atoms with van der Waals surface area (Å²) in [5.74, 6) is -1.20. The topological polar surface area (TPSA) is 87.7 Å². The predicted molar refractivity (Wildman–Crippen MR) is 120 cm³/mol. The van der Waals surface area contributed by atoms with E-state index in [-0.39, 0.29) is 24.1 Å². The summed E-state index contributed by atoms with van der Waals surface area (Å²) in [5, 5.41) is 3.47. The van der Waals surface area contributed by atoms with Crippen molar-refractivity contribution in [3.05, 3.63) is 58.9 Å². The van der Waals surface area contributed by atoms with Gasteiger partial charge in [0, 0.05) is 6.04 Å². The van der Waals surface area contributed by atoms with Crippen LogP contribution in [-0.2, 0) is 34.5 Å². The minimum Gasteiger partial charge on any atom is -0.487 e. The van der Waals surface area contributed by atoms with Gasteiger partial charge >= 0.3 is 10.2 Å². The van der Waals surface area contributed by atoms with Crippen LogP contribution in [0.4, 0.5) is 10.1 Å². The zero-order chi connectivity index (χ0) is 22.7. The summed E-state index contributed by atoms with van der Waals surface area (Å²) in [6, 6.07) is 11.2. The smallest absolute Gasteiger partial charge is 0.326 e. The zero-order valence-electron chi connectivity index (χ0n) is 18.1. The molecule has 0 bridgehead atoms. The number of unbranched alkanes of at least 4 members (excludes halogenated alkanes) is 1. The Morgan fingerprint density at radius 1 is 1.28 bits per heavy atom. The number of halogens is 1. The fourth-order valence-corrected chi connectivity index (χ4v) is 5.37. The molecule has 0 aromatic heterocycles. The van der Waals surface area contributed by atoms with Gasteiger partial charge in [0.2, 0.25) is 0 Å². The van der Waals surface area contributed by atoms with Gasteiger partial charge in [0.05, 0.1) is 0 Å². The van der Waals surface area contributed by atoms with Crippen molar-refractivity contribution in [2.45, 2.75) is 51.7 Å². The van der Waals surface area contributed by atoms with E-state index >= 15 is 4.39 Å². The Labute approximate surface area is 188 Å². The van der Waals surface area contributed by atoms with Gasteiger partial charge in [-0.2, -0.15) is 8.42 Å². The van der Waals surface area contributed by atoms with E-state index < -0.39 is 28.5 Å². The Morgan fingerprint density at radius 3 is 2.75 bits per heavy atom. The lowest BCUT2D eigenvalue weighted by Crippen LogP contribution is -2.36.